The second-order valence-corrected chi connectivity index (χ2v) is 5.89. The topological polar surface area (TPSA) is 110 Å². The van der Waals surface area contributed by atoms with Crippen LogP contribution in [0, 0.1) is 0 Å². The lowest BCUT2D eigenvalue weighted by atomic mass is 10.3. The zero-order chi connectivity index (χ0) is 18.5. The number of aromatic nitrogens is 4. The minimum Gasteiger partial charge on any atom is -0.467 e. The summed E-state index contributed by atoms with van der Waals surface area (Å²) in [5, 5.41) is 18.7. The standard InChI is InChI=1S/C18H18N6O3/c25-18(20-12-14-4-2-10-27-14)8-7-17-22-21-16-6-5-15(23-24(16)17)19-11-13-3-1-9-26-13/h1-6,9-10H,7-8,11-12H2,(H,19,23)(H,20,25). The van der Waals surface area contributed by atoms with Crippen molar-refractivity contribution in [1.29, 1.82) is 0 Å². The summed E-state index contributed by atoms with van der Waals surface area (Å²) < 4.78 is 12.1. The summed E-state index contributed by atoms with van der Waals surface area (Å²) >= 11 is 0. The average Bonchev–Trinajstić information content (AvgIpc) is 3.45. The Morgan fingerprint density at radius 3 is 2.52 bits per heavy atom. The third-order valence-electron chi connectivity index (χ3n) is 3.97. The largest absolute Gasteiger partial charge is 0.467 e. The molecule has 0 fully saturated rings. The van der Waals surface area contributed by atoms with Crippen molar-refractivity contribution < 1.29 is 13.6 Å². The fourth-order valence-electron chi connectivity index (χ4n) is 2.59. The Balaban J connectivity index is 1.36. The average molecular weight is 366 g/mol. The molecule has 0 bridgehead atoms. The van der Waals surface area contributed by atoms with Crippen molar-refractivity contribution in [2.45, 2.75) is 25.9 Å². The van der Waals surface area contributed by atoms with E-state index in [4.69, 9.17) is 8.83 Å². The van der Waals surface area contributed by atoms with Gasteiger partial charge in [0.2, 0.25) is 5.91 Å². The van der Waals surface area contributed by atoms with Gasteiger partial charge in [-0.3, -0.25) is 4.79 Å². The second kappa shape index (κ2) is 7.73. The van der Waals surface area contributed by atoms with Crippen LogP contribution < -0.4 is 10.6 Å². The molecule has 0 aromatic carbocycles. The van der Waals surface area contributed by atoms with Gasteiger partial charge in [0.25, 0.3) is 0 Å². The van der Waals surface area contributed by atoms with Crippen LogP contribution in [0.2, 0.25) is 0 Å². The van der Waals surface area contributed by atoms with E-state index in [1.807, 2.05) is 30.3 Å². The molecule has 4 aromatic heterocycles. The molecule has 4 aromatic rings. The maximum atomic E-state index is 12.0. The number of carbonyl (C=O) groups excluding carboxylic acids is 1. The molecule has 9 nitrogen and oxygen atoms in total. The highest BCUT2D eigenvalue weighted by molar-refractivity contribution is 5.76. The van der Waals surface area contributed by atoms with Gasteiger partial charge in [-0.1, -0.05) is 0 Å². The van der Waals surface area contributed by atoms with Crippen molar-refractivity contribution in [1.82, 2.24) is 25.1 Å². The molecule has 0 unspecified atom stereocenters. The number of anilines is 1. The van der Waals surface area contributed by atoms with Gasteiger partial charge in [0, 0.05) is 12.8 Å². The van der Waals surface area contributed by atoms with E-state index in [9.17, 15) is 4.79 Å². The summed E-state index contributed by atoms with van der Waals surface area (Å²) in [6, 6.07) is 11.0. The van der Waals surface area contributed by atoms with Gasteiger partial charge >= 0.3 is 0 Å². The smallest absolute Gasteiger partial charge is 0.220 e. The second-order valence-electron chi connectivity index (χ2n) is 5.89. The van der Waals surface area contributed by atoms with Crippen molar-refractivity contribution in [2.75, 3.05) is 5.32 Å². The molecule has 1 amide bonds. The predicted octanol–water partition coefficient (Wildman–Crippen LogP) is 2.17. The Hall–Kier alpha value is -3.62. The van der Waals surface area contributed by atoms with Gasteiger partial charge in [-0.25, -0.2) is 0 Å². The summed E-state index contributed by atoms with van der Waals surface area (Å²) in [6.07, 6.45) is 3.92. The third-order valence-corrected chi connectivity index (χ3v) is 3.97. The van der Waals surface area contributed by atoms with E-state index in [1.54, 1.807) is 23.1 Å². The maximum Gasteiger partial charge on any atom is 0.220 e. The molecule has 0 spiro atoms. The molecule has 0 aliphatic rings. The first-order chi connectivity index (χ1) is 13.3. The zero-order valence-electron chi connectivity index (χ0n) is 14.5. The van der Waals surface area contributed by atoms with Crippen LogP contribution in [0.1, 0.15) is 23.8 Å². The van der Waals surface area contributed by atoms with E-state index in [2.05, 4.69) is 25.9 Å². The van der Waals surface area contributed by atoms with Gasteiger partial charge in [0.1, 0.15) is 17.3 Å². The van der Waals surface area contributed by atoms with Crippen LogP contribution in [0.5, 0.6) is 0 Å². The van der Waals surface area contributed by atoms with Gasteiger partial charge in [-0.15, -0.1) is 15.3 Å². The fraction of sp³-hybridized carbons (Fsp3) is 0.222. The molecule has 2 N–H and O–H groups in total. The molecular formula is C18H18N6O3. The van der Waals surface area contributed by atoms with Gasteiger partial charge in [-0.2, -0.15) is 4.52 Å². The SMILES string of the molecule is O=C(CCc1nnc2ccc(NCc3ccco3)nn12)NCc1ccco1. The quantitative estimate of drug-likeness (QED) is 0.492. The highest BCUT2D eigenvalue weighted by atomic mass is 16.3. The van der Waals surface area contributed by atoms with E-state index >= 15 is 0 Å². The molecule has 0 saturated heterocycles. The Morgan fingerprint density at radius 1 is 1.00 bits per heavy atom. The number of rotatable bonds is 8. The number of carbonyl (C=O) groups is 1. The fourth-order valence-corrected chi connectivity index (χ4v) is 2.59. The van der Waals surface area contributed by atoms with Crippen LogP contribution in [-0.4, -0.2) is 25.7 Å². The summed E-state index contributed by atoms with van der Waals surface area (Å²) in [5.41, 5.74) is 0.629. The summed E-state index contributed by atoms with van der Waals surface area (Å²) in [6.45, 7) is 0.893. The lowest BCUT2D eigenvalue weighted by molar-refractivity contribution is -0.121. The first-order valence-electron chi connectivity index (χ1n) is 8.54. The van der Waals surface area contributed by atoms with Crippen molar-refractivity contribution >= 4 is 17.4 Å². The molecule has 0 aliphatic carbocycles. The van der Waals surface area contributed by atoms with Gasteiger partial charge in [0.05, 0.1) is 25.6 Å². The number of nitrogens with zero attached hydrogens (tertiary/aromatic N) is 4. The molecule has 0 radical (unpaired) electrons. The highest BCUT2D eigenvalue weighted by Crippen LogP contribution is 2.10. The molecule has 138 valence electrons. The predicted molar refractivity (Wildman–Crippen MR) is 95.7 cm³/mol. The molecular weight excluding hydrogens is 348 g/mol. The van der Waals surface area contributed by atoms with Crippen LogP contribution in [0.3, 0.4) is 0 Å². The van der Waals surface area contributed by atoms with Crippen molar-refractivity contribution in [3.63, 3.8) is 0 Å². The number of fused-ring (bicyclic) bond motifs is 1. The number of furan rings is 2. The van der Waals surface area contributed by atoms with Crippen LogP contribution in [0.25, 0.3) is 5.65 Å². The monoisotopic (exact) mass is 366 g/mol. The van der Waals surface area contributed by atoms with Gasteiger partial charge < -0.3 is 19.5 Å². The van der Waals surface area contributed by atoms with E-state index in [-0.39, 0.29) is 12.3 Å². The van der Waals surface area contributed by atoms with Gasteiger partial charge in [-0.05, 0) is 36.4 Å². The summed E-state index contributed by atoms with van der Waals surface area (Å²) in [4.78, 5) is 12.0. The third kappa shape index (κ3) is 4.14. The zero-order valence-corrected chi connectivity index (χ0v) is 14.5. The number of amides is 1. The number of hydrogen-bond donors (Lipinski definition) is 2. The highest BCUT2D eigenvalue weighted by Gasteiger charge is 2.11. The Morgan fingerprint density at radius 2 is 1.78 bits per heavy atom. The Labute approximate surface area is 154 Å². The van der Waals surface area contributed by atoms with Crippen molar-refractivity contribution in [2.24, 2.45) is 0 Å². The molecule has 9 heteroatoms. The minimum absolute atomic E-state index is 0.0877. The first-order valence-corrected chi connectivity index (χ1v) is 8.54. The summed E-state index contributed by atoms with van der Waals surface area (Å²) in [7, 11) is 0. The molecule has 4 rings (SSSR count). The van der Waals surface area contributed by atoms with Crippen molar-refractivity contribution in [3.8, 4) is 0 Å². The van der Waals surface area contributed by atoms with Crippen LogP contribution in [0.4, 0.5) is 5.82 Å². The normalized spacial score (nSPS) is 11.0. The lowest BCUT2D eigenvalue weighted by Crippen LogP contribution is -2.23. The van der Waals surface area contributed by atoms with Crippen molar-refractivity contribution in [3.05, 3.63) is 66.3 Å². The van der Waals surface area contributed by atoms with Crippen LogP contribution in [-0.2, 0) is 24.3 Å². The molecule has 4 heterocycles. The Bertz CT molecular complexity index is 1010. The van der Waals surface area contributed by atoms with Crippen LogP contribution >= 0.6 is 0 Å². The maximum absolute atomic E-state index is 12.0. The summed E-state index contributed by atoms with van der Waals surface area (Å²) in [5.74, 6) is 2.73. The molecule has 0 aliphatic heterocycles. The number of aryl methyl sites for hydroxylation is 1. The van der Waals surface area contributed by atoms with E-state index < -0.39 is 0 Å². The first kappa shape index (κ1) is 16.8. The van der Waals surface area contributed by atoms with E-state index in [0.29, 0.717) is 42.6 Å². The number of hydrogen-bond acceptors (Lipinski definition) is 7. The van der Waals surface area contributed by atoms with E-state index in [1.165, 1.54) is 0 Å². The van der Waals surface area contributed by atoms with Gasteiger partial charge in [0.15, 0.2) is 11.5 Å². The Kier molecular flexibility index (Phi) is 4.82. The molecule has 27 heavy (non-hydrogen) atoms. The molecule has 0 atom stereocenters. The molecule has 0 saturated carbocycles. The number of nitrogens with one attached hydrogen (secondary N) is 2. The van der Waals surface area contributed by atoms with E-state index in [0.717, 1.165) is 5.76 Å². The lowest BCUT2D eigenvalue weighted by Gasteiger charge is -2.05. The minimum atomic E-state index is -0.0877. The van der Waals surface area contributed by atoms with Crippen LogP contribution in [0.15, 0.2) is 57.8 Å².